The first-order valence-electron chi connectivity index (χ1n) is 6.76. The Kier molecular flexibility index (Phi) is 7.08. The van der Waals surface area contributed by atoms with Crippen molar-refractivity contribution in [2.75, 3.05) is 37.7 Å². The molecule has 0 aliphatic carbocycles. The minimum atomic E-state index is -2.69. The molecule has 0 aromatic carbocycles. The summed E-state index contributed by atoms with van der Waals surface area (Å²) >= 11 is 0. The highest BCUT2D eigenvalue weighted by molar-refractivity contribution is 7.91. The summed E-state index contributed by atoms with van der Waals surface area (Å²) in [6.07, 6.45) is 4.19. The van der Waals surface area contributed by atoms with Gasteiger partial charge in [0, 0.05) is 0 Å². The summed E-state index contributed by atoms with van der Waals surface area (Å²) in [6.45, 7) is 6.31. The van der Waals surface area contributed by atoms with Crippen molar-refractivity contribution in [3.63, 3.8) is 0 Å². The van der Waals surface area contributed by atoms with Crippen LogP contribution in [0.4, 0.5) is 0 Å². The Hall–Kier alpha value is -0.130. The van der Waals surface area contributed by atoms with Gasteiger partial charge >= 0.3 is 0 Å². The van der Waals surface area contributed by atoms with Gasteiger partial charge in [-0.1, -0.05) is 6.92 Å². The molecule has 0 saturated carbocycles. The van der Waals surface area contributed by atoms with Crippen molar-refractivity contribution >= 4 is 9.84 Å². The first-order valence-corrected chi connectivity index (χ1v) is 8.58. The van der Waals surface area contributed by atoms with Crippen LogP contribution in [0.1, 0.15) is 32.6 Å². The summed E-state index contributed by atoms with van der Waals surface area (Å²) < 4.78 is 22.5. The van der Waals surface area contributed by atoms with Crippen LogP contribution in [0.15, 0.2) is 0 Å². The largest absolute Gasteiger partial charge is 0.317 e. The van der Waals surface area contributed by atoms with E-state index in [1.807, 2.05) is 0 Å². The van der Waals surface area contributed by atoms with Crippen molar-refractivity contribution in [3.05, 3.63) is 0 Å². The smallest absolute Gasteiger partial charge is 0.150 e. The van der Waals surface area contributed by atoms with E-state index in [0.29, 0.717) is 17.4 Å². The number of rotatable bonds is 9. The van der Waals surface area contributed by atoms with Gasteiger partial charge in [0.2, 0.25) is 0 Å². The molecule has 0 aromatic rings. The topological polar surface area (TPSA) is 58.2 Å². The fourth-order valence-electron chi connectivity index (χ4n) is 2.17. The lowest BCUT2D eigenvalue weighted by atomic mass is 10.1. The third-order valence-corrected chi connectivity index (χ3v) is 5.03. The molecule has 1 unspecified atom stereocenters. The molecule has 1 heterocycles. The van der Waals surface area contributed by atoms with E-state index in [0.717, 1.165) is 45.4 Å². The highest BCUT2D eigenvalue weighted by Crippen LogP contribution is 2.20. The predicted octanol–water partition coefficient (Wildman–Crippen LogP) is 0.791. The monoisotopic (exact) mass is 262 g/mol. The molecule has 0 spiro atoms. The molecule has 1 fully saturated rings. The maximum Gasteiger partial charge on any atom is 0.150 e. The van der Waals surface area contributed by atoms with Gasteiger partial charge in [0.15, 0.2) is 9.84 Å². The normalized spacial score (nSPS) is 23.0. The number of hydrogen-bond donors (Lipinski definition) is 2. The van der Waals surface area contributed by atoms with E-state index in [2.05, 4.69) is 17.6 Å². The second-order valence-corrected chi connectivity index (χ2v) is 7.14. The van der Waals surface area contributed by atoms with Crippen LogP contribution in [0.2, 0.25) is 0 Å². The van der Waals surface area contributed by atoms with Crippen molar-refractivity contribution in [1.29, 1.82) is 0 Å². The Balaban J connectivity index is 1.88. The number of hydrogen-bond acceptors (Lipinski definition) is 4. The van der Waals surface area contributed by atoms with Crippen LogP contribution in [0.5, 0.6) is 0 Å². The van der Waals surface area contributed by atoms with Gasteiger partial charge in [-0.15, -0.1) is 0 Å². The van der Waals surface area contributed by atoms with E-state index >= 15 is 0 Å². The van der Waals surface area contributed by atoms with Gasteiger partial charge in [0.1, 0.15) is 0 Å². The summed E-state index contributed by atoms with van der Waals surface area (Å²) in [7, 11) is -2.69. The van der Waals surface area contributed by atoms with Crippen molar-refractivity contribution in [1.82, 2.24) is 10.6 Å². The molecule has 2 N–H and O–H groups in total. The van der Waals surface area contributed by atoms with Crippen molar-refractivity contribution in [2.24, 2.45) is 5.92 Å². The van der Waals surface area contributed by atoms with E-state index in [9.17, 15) is 8.42 Å². The van der Waals surface area contributed by atoms with E-state index in [1.54, 1.807) is 0 Å². The van der Waals surface area contributed by atoms with Crippen molar-refractivity contribution in [2.45, 2.75) is 32.6 Å². The van der Waals surface area contributed by atoms with E-state index in [1.165, 1.54) is 6.42 Å². The lowest BCUT2D eigenvalue weighted by Gasteiger charge is -2.09. The van der Waals surface area contributed by atoms with Gasteiger partial charge in [-0.3, -0.25) is 0 Å². The Morgan fingerprint density at radius 2 is 1.82 bits per heavy atom. The Morgan fingerprint density at radius 3 is 2.41 bits per heavy atom. The van der Waals surface area contributed by atoms with E-state index in [4.69, 9.17) is 0 Å². The van der Waals surface area contributed by atoms with Crippen LogP contribution in [0.3, 0.4) is 0 Å². The summed E-state index contributed by atoms with van der Waals surface area (Å²) in [5.41, 5.74) is 0. The summed E-state index contributed by atoms with van der Waals surface area (Å²) in [5, 5.41) is 6.74. The van der Waals surface area contributed by atoms with E-state index in [-0.39, 0.29) is 0 Å². The predicted molar refractivity (Wildman–Crippen MR) is 72.0 cm³/mol. The average Bonchev–Trinajstić information content (AvgIpc) is 2.62. The molecule has 0 aromatic heterocycles. The molecular formula is C12H26N2O2S. The quantitative estimate of drug-likeness (QED) is 0.603. The Bertz CT molecular complexity index is 291. The summed E-state index contributed by atoms with van der Waals surface area (Å²) in [4.78, 5) is 0. The van der Waals surface area contributed by atoms with Crippen LogP contribution < -0.4 is 10.6 Å². The number of nitrogens with one attached hydrogen (secondary N) is 2. The zero-order chi connectivity index (χ0) is 12.6. The molecule has 102 valence electrons. The fraction of sp³-hybridized carbons (Fsp3) is 1.00. The zero-order valence-electron chi connectivity index (χ0n) is 10.9. The summed E-state index contributed by atoms with van der Waals surface area (Å²) in [5.74, 6) is 1.21. The molecule has 0 amide bonds. The van der Waals surface area contributed by atoms with Crippen LogP contribution >= 0.6 is 0 Å². The SMILES string of the molecule is CCCNCCCNCCC1CCS(=O)(=O)C1. The second kappa shape index (κ2) is 8.06. The van der Waals surface area contributed by atoms with Crippen LogP contribution in [-0.2, 0) is 9.84 Å². The molecule has 1 aliphatic heterocycles. The molecule has 1 saturated heterocycles. The minimum absolute atomic E-state index is 0.394. The molecule has 1 atom stereocenters. The van der Waals surface area contributed by atoms with Gasteiger partial charge in [-0.2, -0.15) is 0 Å². The standard InChI is InChI=1S/C12H26N2O2S/c1-2-6-13-7-3-8-14-9-4-12-5-10-17(15,16)11-12/h12-14H,2-11H2,1H3. The number of sulfone groups is 1. The van der Waals surface area contributed by atoms with Gasteiger partial charge in [-0.05, 0) is 57.8 Å². The van der Waals surface area contributed by atoms with Crippen LogP contribution in [-0.4, -0.2) is 46.1 Å². The molecule has 5 heteroatoms. The zero-order valence-corrected chi connectivity index (χ0v) is 11.7. The van der Waals surface area contributed by atoms with Crippen LogP contribution in [0.25, 0.3) is 0 Å². The Morgan fingerprint density at radius 1 is 1.12 bits per heavy atom. The maximum atomic E-state index is 11.2. The van der Waals surface area contributed by atoms with Gasteiger partial charge in [-0.25, -0.2) is 8.42 Å². The van der Waals surface area contributed by atoms with E-state index < -0.39 is 9.84 Å². The van der Waals surface area contributed by atoms with Crippen LogP contribution in [0, 0.1) is 5.92 Å². The fourth-order valence-corrected chi connectivity index (χ4v) is 4.08. The average molecular weight is 262 g/mol. The first-order chi connectivity index (χ1) is 8.14. The molecule has 0 bridgehead atoms. The Labute approximate surface area is 105 Å². The molecule has 1 aliphatic rings. The molecular weight excluding hydrogens is 236 g/mol. The highest BCUT2D eigenvalue weighted by atomic mass is 32.2. The van der Waals surface area contributed by atoms with Gasteiger partial charge in [0.25, 0.3) is 0 Å². The third kappa shape index (κ3) is 7.01. The van der Waals surface area contributed by atoms with Crippen molar-refractivity contribution in [3.8, 4) is 0 Å². The van der Waals surface area contributed by atoms with Crippen molar-refractivity contribution < 1.29 is 8.42 Å². The highest BCUT2D eigenvalue weighted by Gasteiger charge is 2.26. The maximum absolute atomic E-state index is 11.2. The second-order valence-electron chi connectivity index (χ2n) is 4.91. The first kappa shape index (κ1) is 14.9. The molecule has 4 nitrogen and oxygen atoms in total. The third-order valence-electron chi connectivity index (χ3n) is 3.19. The summed E-state index contributed by atoms with van der Waals surface area (Å²) in [6, 6.07) is 0. The lowest BCUT2D eigenvalue weighted by molar-refractivity contribution is 0.500. The molecule has 1 rings (SSSR count). The molecule has 0 radical (unpaired) electrons. The lowest BCUT2D eigenvalue weighted by Crippen LogP contribution is -2.24. The van der Waals surface area contributed by atoms with Gasteiger partial charge < -0.3 is 10.6 Å². The minimum Gasteiger partial charge on any atom is -0.317 e. The van der Waals surface area contributed by atoms with Gasteiger partial charge in [0.05, 0.1) is 11.5 Å². The molecule has 17 heavy (non-hydrogen) atoms.